The molecule has 1 heterocycles. The SMILES string of the molecule is CNC(=O)C1(C)CCN(C(=O)c2ccc(C#N)cc2)C1. The molecule has 0 aliphatic carbocycles. The van der Waals surface area contributed by atoms with Crippen molar-refractivity contribution >= 4 is 11.8 Å². The second kappa shape index (κ2) is 5.33. The summed E-state index contributed by atoms with van der Waals surface area (Å²) in [5.41, 5.74) is 0.556. The highest BCUT2D eigenvalue weighted by atomic mass is 16.2. The van der Waals surface area contributed by atoms with Gasteiger partial charge in [0.25, 0.3) is 5.91 Å². The zero-order valence-corrected chi connectivity index (χ0v) is 11.6. The van der Waals surface area contributed by atoms with Crippen LogP contribution in [0, 0.1) is 16.7 Å². The van der Waals surface area contributed by atoms with Crippen molar-refractivity contribution in [1.29, 1.82) is 5.26 Å². The second-order valence-corrected chi connectivity index (χ2v) is 5.31. The lowest BCUT2D eigenvalue weighted by Gasteiger charge is -2.22. The molecule has 20 heavy (non-hydrogen) atoms. The zero-order valence-electron chi connectivity index (χ0n) is 11.6. The lowest BCUT2D eigenvalue weighted by molar-refractivity contribution is -0.128. The number of benzene rings is 1. The van der Waals surface area contributed by atoms with Crippen LogP contribution in [-0.4, -0.2) is 36.9 Å². The molecule has 104 valence electrons. The second-order valence-electron chi connectivity index (χ2n) is 5.31. The van der Waals surface area contributed by atoms with Gasteiger partial charge >= 0.3 is 0 Å². The number of nitrogens with zero attached hydrogens (tertiary/aromatic N) is 2. The summed E-state index contributed by atoms with van der Waals surface area (Å²) in [6.45, 7) is 2.87. The van der Waals surface area contributed by atoms with Gasteiger partial charge in [0.05, 0.1) is 17.0 Å². The van der Waals surface area contributed by atoms with E-state index in [1.54, 1.807) is 36.2 Å². The van der Waals surface area contributed by atoms with Crippen LogP contribution in [0.3, 0.4) is 0 Å². The number of nitrogens with one attached hydrogen (secondary N) is 1. The third-order valence-electron chi connectivity index (χ3n) is 3.80. The van der Waals surface area contributed by atoms with Gasteiger partial charge in [-0.3, -0.25) is 9.59 Å². The Bertz CT molecular complexity index is 574. The number of rotatable bonds is 2. The highest BCUT2D eigenvalue weighted by Crippen LogP contribution is 2.30. The molecule has 5 nitrogen and oxygen atoms in total. The molecular weight excluding hydrogens is 254 g/mol. The summed E-state index contributed by atoms with van der Waals surface area (Å²) in [5, 5.41) is 11.4. The maximum Gasteiger partial charge on any atom is 0.253 e. The van der Waals surface area contributed by atoms with E-state index in [2.05, 4.69) is 5.32 Å². The van der Waals surface area contributed by atoms with Crippen LogP contribution in [0.5, 0.6) is 0 Å². The van der Waals surface area contributed by atoms with Crippen molar-refractivity contribution in [3.05, 3.63) is 35.4 Å². The van der Waals surface area contributed by atoms with Crippen LogP contribution >= 0.6 is 0 Å². The van der Waals surface area contributed by atoms with Crippen molar-refractivity contribution in [2.75, 3.05) is 20.1 Å². The number of likely N-dealkylation sites (tertiary alicyclic amines) is 1. The van der Waals surface area contributed by atoms with Crippen LogP contribution in [0.1, 0.15) is 29.3 Å². The molecule has 1 unspecified atom stereocenters. The lowest BCUT2D eigenvalue weighted by Crippen LogP contribution is -2.40. The van der Waals surface area contributed by atoms with Gasteiger partial charge in [-0.25, -0.2) is 0 Å². The highest BCUT2D eigenvalue weighted by molar-refractivity contribution is 5.95. The first kappa shape index (κ1) is 14.1. The van der Waals surface area contributed by atoms with E-state index in [1.807, 2.05) is 13.0 Å². The molecule has 0 aromatic heterocycles. The summed E-state index contributed by atoms with van der Waals surface area (Å²) in [6.07, 6.45) is 0.661. The number of carbonyl (C=O) groups excluding carboxylic acids is 2. The lowest BCUT2D eigenvalue weighted by atomic mass is 9.89. The Morgan fingerprint density at radius 1 is 1.35 bits per heavy atom. The smallest absolute Gasteiger partial charge is 0.253 e. The van der Waals surface area contributed by atoms with E-state index in [4.69, 9.17) is 5.26 Å². The molecule has 0 spiro atoms. The molecule has 5 heteroatoms. The Kier molecular flexibility index (Phi) is 3.75. The predicted octanol–water partition coefficient (Wildman–Crippen LogP) is 1.16. The maximum absolute atomic E-state index is 12.4. The molecule has 2 rings (SSSR count). The molecule has 1 aliphatic rings. The van der Waals surface area contributed by atoms with Crippen LogP contribution in [0.25, 0.3) is 0 Å². The Morgan fingerprint density at radius 3 is 2.55 bits per heavy atom. The van der Waals surface area contributed by atoms with E-state index in [9.17, 15) is 9.59 Å². The van der Waals surface area contributed by atoms with E-state index in [0.29, 0.717) is 30.6 Å². The van der Waals surface area contributed by atoms with Gasteiger partial charge < -0.3 is 10.2 Å². The van der Waals surface area contributed by atoms with Gasteiger partial charge in [-0.2, -0.15) is 5.26 Å². The summed E-state index contributed by atoms with van der Waals surface area (Å²) in [6, 6.07) is 8.57. The van der Waals surface area contributed by atoms with Gasteiger partial charge in [-0.15, -0.1) is 0 Å². The van der Waals surface area contributed by atoms with E-state index >= 15 is 0 Å². The van der Waals surface area contributed by atoms with Crippen molar-refractivity contribution in [2.45, 2.75) is 13.3 Å². The molecule has 1 atom stereocenters. The first-order valence-corrected chi connectivity index (χ1v) is 6.52. The van der Waals surface area contributed by atoms with Crippen LogP contribution < -0.4 is 5.32 Å². The van der Waals surface area contributed by atoms with Crippen LogP contribution in [0.15, 0.2) is 24.3 Å². The normalized spacial score (nSPS) is 21.4. The number of carbonyl (C=O) groups is 2. The van der Waals surface area contributed by atoms with Crippen LogP contribution in [0.2, 0.25) is 0 Å². The highest BCUT2D eigenvalue weighted by Gasteiger charge is 2.41. The van der Waals surface area contributed by atoms with Crippen molar-refractivity contribution in [1.82, 2.24) is 10.2 Å². The Hall–Kier alpha value is -2.35. The van der Waals surface area contributed by atoms with Gasteiger partial charge in [0.15, 0.2) is 0 Å². The summed E-state index contributed by atoms with van der Waals surface area (Å²) in [7, 11) is 1.61. The fourth-order valence-electron chi connectivity index (χ4n) is 2.49. The largest absolute Gasteiger partial charge is 0.359 e. The summed E-state index contributed by atoms with van der Waals surface area (Å²) in [5.74, 6) is -0.130. The maximum atomic E-state index is 12.4. The molecule has 1 fully saturated rings. The van der Waals surface area contributed by atoms with Gasteiger partial charge in [-0.1, -0.05) is 0 Å². The minimum absolute atomic E-state index is 0.0346. The van der Waals surface area contributed by atoms with Crippen molar-refractivity contribution < 1.29 is 9.59 Å². The van der Waals surface area contributed by atoms with Crippen molar-refractivity contribution in [2.24, 2.45) is 5.41 Å². The number of nitriles is 1. The minimum atomic E-state index is -0.517. The molecule has 0 radical (unpaired) electrons. The molecule has 1 saturated heterocycles. The monoisotopic (exact) mass is 271 g/mol. The molecule has 2 amide bonds. The molecule has 1 aromatic carbocycles. The fraction of sp³-hybridized carbons (Fsp3) is 0.400. The molecule has 1 N–H and O–H groups in total. The average Bonchev–Trinajstić information content (AvgIpc) is 2.89. The van der Waals surface area contributed by atoms with Gasteiger partial charge in [0.1, 0.15) is 0 Å². The summed E-state index contributed by atoms with van der Waals surface area (Å²) < 4.78 is 0. The van der Waals surface area contributed by atoms with Crippen LogP contribution in [-0.2, 0) is 4.79 Å². The predicted molar refractivity (Wildman–Crippen MR) is 73.9 cm³/mol. The van der Waals surface area contributed by atoms with E-state index in [1.165, 1.54) is 0 Å². The zero-order chi connectivity index (χ0) is 14.8. The molecule has 1 aliphatic heterocycles. The number of hydrogen-bond donors (Lipinski definition) is 1. The number of hydrogen-bond acceptors (Lipinski definition) is 3. The molecule has 0 bridgehead atoms. The third-order valence-corrected chi connectivity index (χ3v) is 3.80. The Morgan fingerprint density at radius 2 is 2.00 bits per heavy atom. The first-order chi connectivity index (χ1) is 9.50. The fourth-order valence-corrected chi connectivity index (χ4v) is 2.49. The Labute approximate surface area is 118 Å². The standard InChI is InChI=1S/C15H17N3O2/c1-15(14(20)17-2)7-8-18(10-15)13(19)12-5-3-11(9-16)4-6-12/h3-6H,7-8,10H2,1-2H3,(H,17,20). The topological polar surface area (TPSA) is 73.2 Å². The first-order valence-electron chi connectivity index (χ1n) is 6.52. The van der Waals surface area contributed by atoms with E-state index in [0.717, 1.165) is 0 Å². The quantitative estimate of drug-likeness (QED) is 0.877. The summed E-state index contributed by atoms with van der Waals surface area (Å²) >= 11 is 0. The molecular formula is C15H17N3O2. The van der Waals surface area contributed by atoms with Crippen molar-refractivity contribution in [3.63, 3.8) is 0 Å². The van der Waals surface area contributed by atoms with Crippen LogP contribution in [0.4, 0.5) is 0 Å². The van der Waals surface area contributed by atoms with Gasteiger partial charge in [0, 0.05) is 25.7 Å². The van der Waals surface area contributed by atoms with Gasteiger partial charge in [0.2, 0.25) is 5.91 Å². The van der Waals surface area contributed by atoms with Gasteiger partial charge in [-0.05, 0) is 37.6 Å². The average molecular weight is 271 g/mol. The summed E-state index contributed by atoms with van der Waals surface area (Å²) in [4.78, 5) is 25.9. The molecule has 1 aromatic rings. The van der Waals surface area contributed by atoms with Crippen molar-refractivity contribution in [3.8, 4) is 6.07 Å². The van der Waals surface area contributed by atoms with E-state index in [-0.39, 0.29) is 11.8 Å². The van der Waals surface area contributed by atoms with E-state index < -0.39 is 5.41 Å². The number of amides is 2. The molecule has 0 saturated carbocycles. The Balaban J connectivity index is 2.11. The third kappa shape index (κ3) is 2.50. The minimum Gasteiger partial charge on any atom is -0.359 e.